The molecule has 0 N–H and O–H groups in total. The van der Waals surface area contributed by atoms with E-state index in [2.05, 4.69) is 6.58 Å². The van der Waals surface area contributed by atoms with Crippen LogP contribution >= 0.6 is 0 Å². The fourth-order valence-corrected chi connectivity index (χ4v) is 0.864. The zero-order chi connectivity index (χ0) is 8.15. The minimum Gasteiger partial charge on any atom is -0.300 e. The van der Waals surface area contributed by atoms with Gasteiger partial charge in [0.05, 0.1) is 0 Å². The number of carbonyl (C=O) groups is 1. The molecule has 0 radical (unpaired) electrons. The molecule has 1 nitrogen and oxygen atoms in total. The average Bonchev–Trinajstić information content (AvgIpc) is 1.58. The Bertz CT molecular complexity index is 175. The van der Waals surface area contributed by atoms with E-state index in [1.54, 1.807) is 6.92 Å². The second-order valence-corrected chi connectivity index (χ2v) is 2.72. The van der Waals surface area contributed by atoms with Crippen molar-refractivity contribution in [2.75, 3.05) is 0 Å². The summed E-state index contributed by atoms with van der Waals surface area (Å²) in [6, 6.07) is 0. The topological polar surface area (TPSA) is 17.1 Å². The summed E-state index contributed by atoms with van der Waals surface area (Å²) in [6.07, 6.45) is 2.48. The lowest BCUT2D eigenvalue weighted by Crippen LogP contribution is -1.90. The molecule has 0 aromatic carbocycles. The van der Waals surface area contributed by atoms with Gasteiger partial charge in [0, 0.05) is 6.42 Å². The van der Waals surface area contributed by atoms with Crippen LogP contribution in [0.15, 0.2) is 23.8 Å². The molecule has 0 saturated carbocycles. The van der Waals surface area contributed by atoms with Crippen molar-refractivity contribution in [3.63, 3.8) is 0 Å². The Morgan fingerprint density at radius 2 is 1.90 bits per heavy atom. The average molecular weight is 138 g/mol. The summed E-state index contributed by atoms with van der Waals surface area (Å²) in [6.45, 7) is 9.17. The van der Waals surface area contributed by atoms with E-state index in [9.17, 15) is 4.79 Å². The summed E-state index contributed by atoms with van der Waals surface area (Å²) < 4.78 is 0. The molecule has 0 aliphatic carbocycles. The van der Waals surface area contributed by atoms with E-state index in [4.69, 9.17) is 0 Å². The summed E-state index contributed by atoms with van der Waals surface area (Å²) in [5.41, 5.74) is 2.08. The first-order chi connectivity index (χ1) is 4.52. The lowest BCUT2D eigenvalue weighted by Gasteiger charge is -1.95. The van der Waals surface area contributed by atoms with Crippen LogP contribution in [-0.2, 0) is 4.79 Å². The van der Waals surface area contributed by atoms with Crippen molar-refractivity contribution >= 4 is 5.78 Å². The van der Waals surface area contributed by atoms with Crippen molar-refractivity contribution in [2.45, 2.75) is 27.2 Å². The van der Waals surface area contributed by atoms with E-state index < -0.39 is 0 Å². The van der Waals surface area contributed by atoms with Gasteiger partial charge in [0.15, 0.2) is 0 Å². The molecule has 0 aliphatic heterocycles. The number of hydrogen-bond acceptors (Lipinski definition) is 1. The van der Waals surface area contributed by atoms with Crippen LogP contribution in [0.3, 0.4) is 0 Å². The van der Waals surface area contributed by atoms with E-state index in [0.717, 1.165) is 11.1 Å². The highest BCUT2D eigenvalue weighted by atomic mass is 16.1. The van der Waals surface area contributed by atoms with Gasteiger partial charge in [-0.3, -0.25) is 4.79 Å². The molecule has 0 rings (SSSR count). The normalized spacial score (nSPS) is 11.3. The van der Waals surface area contributed by atoms with E-state index in [-0.39, 0.29) is 5.78 Å². The Morgan fingerprint density at radius 1 is 1.40 bits per heavy atom. The highest BCUT2D eigenvalue weighted by Crippen LogP contribution is 2.03. The summed E-state index contributed by atoms with van der Waals surface area (Å²) in [5, 5.41) is 0. The molecule has 0 unspecified atom stereocenters. The van der Waals surface area contributed by atoms with Crippen LogP contribution in [0, 0.1) is 0 Å². The van der Waals surface area contributed by atoms with Gasteiger partial charge < -0.3 is 0 Å². The maximum atomic E-state index is 10.6. The monoisotopic (exact) mass is 138 g/mol. The van der Waals surface area contributed by atoms with Gasteiger partial charge in [-0.1, -0.05) is 23.8 Å². The second-order valence-electron chi connectivity index (χ2n) is 2.72. The highest BCUT2D eigenvalue weighted by molar-refractivity contribution is 5.78. The maximum Gasteiger partial charge on any atom is 0.133 e. The molecule has 0 aromatic heterocycles. The Labute approximate surface area is 62.4 Å². The second kappa shape index (κ2) is 4.04. The number of hydrogen-bond donors (Lipinski definition) is 0. The van der Waals surface area contributed by atoms with Crippen LogP contribution in [-0.4, -0.2) is 5.78 Å². The summed E-state index contributed by atoms with van der Waals surface area (Å²) in [7, 11) is 0. The van der Waals surface area contributed by atoms with Crippen molar-refractivity contribution in [1.82, 2.24) is 0 Å². The standard InChI is InChI=1S/C9H14O/c1-7(2)5-8(3)6-9(4)10/h5H,1,6H2,2-4H3/b8-5+. The Balaban J connectivity index is 3.95. The molecule has 10 heavy (non-hydrogen) atoms. The van der Waals surface area contributed by atoms with Gasteiger partial charge in [0.1, 0.15) is 5.78 Å². The summed E-state index contributed by atoms with van der Waals surface area (Å²) in [4.78, 5) is 10.6. The lowest BCUT2D eigenvalue weighted by atomic mass is 10.1. The van der Waals surface area contributed by atoms with Gasteiger partial charge in [-0.15, -0.1) is 0 Å². The van der Waals surface area contributed by atoms with Gasteiger partial charge >= 0.3 is 0 Å². The summed E-state index contributed by atoms with van der Waals surface area (Å²) in [5.74, 6) is 0.204. The zero-order valence-corrected chi connectivity index (χ0v) is 6.90. The summed E-state index contributed by atoms with van der Waals surface area (Å²) >= 11 is 0. The van der Waals surface area contributed by atoms with Crippen molar-refractivity contribution in [1.29, 1.82) is 0 Å². The molecule has 0 heterocycles. The number of Topliss-reactive ketones (excluding diaryl/α,β-unsaturated/α-hetero) is 1. The molecule has 56 valence electrons. The predicted molar refractivity (Wildman–Crippen MR) is 43.9 cm³/mol. The fraction of sp³-hybridized carbons (Fsp3) is 0.444. The van der Waals surface area contributed by atoms with Gasteiger partial charge in [-0.25, -0.2) is 0 Å². The molecule has 0 aliphatic rings. The minimum absolute atomic E-state index is 0.204. The Hall–Kier alpha value is -0.850. The van der Waals surface area contributed by atoms with Crippen LogP contribution in [0.2, 0.25) is 0 Å². The third-order valence-electron chi connectivity index (χ3n) is 1.02. The molecule has 1 heteroatoms. The van der Waals surface area contributed by atoms with Crippen LogP contribution < -0.4 is 0 Å². The largest absolute Gasteiger partial charge is 0.300 e. The lowest BCUT2D eigenvalue weighted by molar-refractivity contribution is -0.116. The molecule has 0 fully saturated rings. The Morgan fingerprint density at radius 3 is 2.20 bits per heavy atom. The molecule has 0 aromatic rings. The van der Waals surface area contributed by atoms with E-state index >= 15 is 0 Å². The Kier molecular flexibility index (Phi) is 3.70. The smallest absolute Gasteiger partial charge is 0.133 e. The number of carbonyl (C=O) groups excluding carboxylic acids is 1. The fourth-order valence-electron chi connectivity index (χ4n) is 0.864. The third-order valence-corrected chi connectivity index (χ3v) is 1.02. The van der Waals surface area contributed by atoms with Gasteiger partial charge in [0.2, 0.25) is 0 Å². The highest BCUT2D eigenvalue weighted by Gasteiger charge is 1.93. The number of rotatable bonds is 3. The number of allylic oxidation sites excluding steroid dienone is 3. The first-order valence-electron chi connectivity index (χ1n) is 3.34. The van der Waals surface area contributed by atoms with Crippen LogP contribution in [0.1, 0.15) is 27.2 Å². The maximum absolute atomic E-state index is 10.6. The third kappa shape index (κ3) is 5.29. The molecule has 0 saturated heterocycles. The quantitative estimate of drug-likeness (QED) is 0.547. The predicted octanol–water partition coefficient (Wildman–Crippen LogP) is 2.49. The first kappa shape index (κ1) is 9.15. The van der Waals surface area contributed by atoms with Gasteiger partial charge in [-0.05, 0) is 20.8 Å². The SMILES string of the molecule is C=C(C)/C=C(\C)CC(C)=O. The molecule has 0 spiro atoms. The molecular weight excluding hydrogens is 124 g/mol. The number of ketones is 1. The minimum atomic E-state index is 0.204. The molecule has 0 atom stereocenters. The van der Waals surface area contributed by atoms with E-state index in [0.29, 0.717) is 6.42 Å². The van der Waals surface area contributed by atoms with E-state index in [1.807, 2.05) is 19.9 Å². The van der Waals surface area contributed by atoms with Crippen LogP contribution in [0.5, 0.6) is 0 Å². The van der Waals surface area contributed by atoms with Crippen LogP contribution in [0.25, 0.3) is 0 Å². The van der Waals surface area contributed by atoms with E-state index in [1.165, 1.54) is 0 Å². The van der Waals surface area contributed by atoms with Crippen molar-refractivity contribution < 1.29 is 4.79 Å². The molecule has 0 amide bonds. The van der Waals surface area contributed by atoms with Gasteiger partial charge in [-0.2, -0.15) is 0 Å². The first-order valence-corrected chi connectivity index (χ1v) is 3.34. The van der Waals surface area contributed by atoms with Gasteiger partial charge in [0.25, 0.3) is 0 Å². The zero-order valence-electron chi connectivity index (χ0n) is 6.90. The molecule has 0 bridgehead atoms. The van der Waals surface area contributed by atoms with Crippen molar-refractivity contribution in [3.05, 3.63) is 23.8 Å². The van der Waals surface area contributed by atoms with Crippen molar-refractivity contribution in [2.24, 2.45) is 0 Å². The van der Waals surface area contributed by atoms with Crippen molar-refractivity contribution in [3.8, 4) is 0 Å². The van der Waals surface area contributed by atoms with Crippen LogP contribution in [0.4, 0.5) is 0 Å². The molecular formula is C9H14O.